The van der Waals surface area contributed by atoms with E-state index in [1.54, 1.807) is 0 Å². The Hall–Kier alpha value is -1.98. The highest BCUT2D eigenvalue weighted by Crippen LogP contribution is 2.19. The summed E-state index contributed by atoms with van der Waals surface area (Å²) in [6.45, 7) is 4.59. The largest absolute Gasteiger partial charge is 0.340 e. The molecule has 102 valence electrons. The number of benzene rings is 1. The van der Waals surface area contributed by atoms with E-state index in [0.717, 1.165) is 12.1 Å². The smallest absolute Gasteiger partial charge is 0.253 e. The molecule has 0 radical (unpaired) electrons. The third kappa shape index (κ3) is 3.07. The summed E-state index contributed by atoms with van der Waals surface area (Å²) in [5.41, 5.74) is 0.367. The predicted molar refractivity (Wildman–Crippen MR) is 67.5 cm³/mol. The number of carbonyl (C=O) groups is 1. The molecular weight excluding hydrogens is 252 g/mol. The Kier molecular flexibility index (Phi) is 3.78. The molecule has 0 spiro atoms. The van der Waals surface area contributed by atoms with Gasteiger partial charge >= 0.3 is 0 Å². The van der Waals surface area contributed by atoms with Gasteiger partial charge in [0, 0.05) is 6.54 Å². The van der Waals surface area contributed by atoms with Crippen molar-refractivity contribution in [3.05, 3.63) is 35.4 Å². The number of nitrogens with zero attached hydrogens (tertiary/aromatic N) is 1. The van der Waals surface area contributed by atoms with Gasteiger partial charge in [0.1, 0.15) is 6.04 Å². The van der Waals surface area contributed by atoms with E-state index < -0.39 is 17.7 Å². The quantitative estimate of drug-likeness (QED) is 0.876. The third-order valence-electron chi connectivity index (χ3n) is 2.68. The Labute approximate surface area is 109 Å². The van der Waals surface area contributed by atoms with Crippen molar-refractivity contribution in [2.24, 2.45) is 10.9 Å². The van der Waals surface area contributed by atoms with E-state index in [1.807, 2.05) is 13.8 Å². The monoisotopic (exact) mass is 267 g/mol. The number of hydrogen-bond acceptors (Lipinski definition) is 2. The molecule has 4 nitrogen and oxygen atoms in total. The fourth-order valence-electron chi connectivity index (χ4n) is 1.71. The maximum atomic E-state index is 13.1. The minimum absolute atomic E-state index is 0.325. The first-order valence-corrected chi connectivity index (χ1v) is 6.04. The molecule has 2 N–H and O–H groups in total. The zero-order chi connectivity index (χ0) is 14.0. The van der Waals surface area contributed by atoms with Crippen molar-refractivity contribution in [3.63, 3.8) is 0 Å². The van der Waals surface area contributed by atoms with Crippen molar-refractivity contribution >= 4 is 11.9 Å². The number of nitrogens with one attached hydrogen (secondary N) is 2. The molecular formula is C13H15F2N3O. The Balaban J connectivity index is 2.15. The van der Waals surface area contributed by atoms with Crippen LogP contribution in [0.4, 0.5) is 8.78 Å². The van der Waals surface area contributed by atoms with E-state index in [2.05, 4.69) is 15.6 Å². The first-order valence-electron chi connectivity index (χ1n) is 6.04. The molecule has 19 heavy (non-hydrogen) atoms. The number of aliphatic imine (C=N–C) groups is 1. The summed E-state index contributed by atoms with van der Waals surface area (Å²) in [7, 11) is 0. The Bertz CT molecular complexity index is 529. The summed E-state index contributed by atoms with van der Waals surface area (Å²) in [5.74, 6) is -1.49. The van der Waals surface area contributed by atoms with E-state index in [-0.39, 0.29) is 5.91 Å². The molecule has 0 bridgehead atoms. The van der Waals surface area contributed by atoms with Gasteiger partial charge in [-0.05, 0) is 23.6 Å². The zero-order valence-electron chi connectivity index (χ0n) is 10.7. The lowest BCUT2D eigenvalue weighted by Gasteiger charge is -2.08. The highest BCUT2D eigenvalue weighted by Gasteiger charge is 2.30. The predicted octanol–water partition coefficient (Wildman–Crippen LogP) is 1.74. The van der Waals surface area contributed by atoms with Gasteiger partial charge in [-0.25, -0.2) is 8.78 Å². The lowest BCUT2D eigenvalue weighted by Crippen LogP contribution is -2.26. The lowest BCUT2D eigenvalue weighted by molar-refractivity contribution is -0.120. The van der Waals surface area contributed by atoms with Crippen LogP contribution in [0.2, 0.25) is 0 Å². The van der Waals surface area contributed by atoms with Crippen molar-refractivity contribution in [1.82, 2.24) is 10.6 Å². The molecule has 1 aliphatic rings. The van der Waals surface area contributed by atoms with Crippen molar-refractivity contribution in [2.75, 3.05) is 6.54 Å². The second-order valence-electron chi connectivity index (χ2n) is 4.82. The summed E-state index contributed by atoms with van der Waals surface area (Å²) < 4.78 is 26.0. The fourth-order valence-corrected chi connectivity index (χ4v) is 1.71. The minimum atomic E-state index is -0.973. The molecule has 0 saturated carbocycles. The highest BCUT2D eigenvalue weighted by molar-refractivity contribution is 6.06. The number of rotatable bonds is 3. The summed E-state index contributed by atoms with van der Waals surface area (Å²) in [5, 5.41) is 5.43. The van der Waals surface area contributed by atoms with Gasteiger partial charge in [-0.2, -0.15) is 0 Å². The van der Waals surface area contributed by atoms with Crippen molar-refractivity contribution < 1.29 is 13.6 Å². The first kappa shape index (κ1) is 13.5. The van der Waals surface area contributed by atoms with Crippen LogP contribution < -0.4 is 10.6 Å². The zero-order valence-corrected chi connectivity index (χ0v) is 10.7. The molecule has 1 unspecified atom stereocenters. The van der Waals surface area contributed by atoms with E-state index in [0.29, 0.717) is 24.0 Å². The van der Waals surface area contributed by atoms with Crippen LogP contribution in [-0.4, -0.2) is 18.4 Å². The van der Waals surface area contributed by atoms with Crippen LogP contribution >= 0.6 is 0 Å². The topological polar surface area (TPSA) is 53.5 Å². The number of halogens is 2. The molecule has 6 heteroatoms. The van der Waals surface area contributed by atoms with Crippen LogP contribution in [0, 0.1) is 17.6 Å². The van der Waals surface area contributed by atoms with Crippen LogP contribution in [0.5, 0.6) is 0 Å². The summed E-state index contributed by atoms with van der Waals surface area (Å²) in [6.07, 6.45) is 0. The van der Waals surface area contributed by atoms with Crippen molar-refractivity contribution in [3.8, 4) is 0 Å². The molecule has 1 amide bonds. The molecule has 1 aromatic carbocycles. The minimum Gasteiger partial charge on any atom is -0.340 e. The maximum absolute atomic E-state index is 13.1. The van der Waals surface area contributed by atoms with Crippen molar-refractivity contribution in [1.29, 1.82) is 0 Å². The average molecular weight is 267 g/mol. The number of guanidine groups is 1. The van der Waals surface area contributed by atoms with Gasteiger partial charge < -0.3 is 5.32 Å². The van der Waals surface area contributed by atoms with Crippen molar-refractivity contribution in [2.45, 2.75) is 19.9 Å². The SMILES string of the molecule is CC(C)CN=C1NC(=O)C(c2ccc(F)c(F)c2)N1. The summed E-state index contributed by atoms with van der Waals surface area (Å²) in [6, 6.07) is 2.66. The Morgan fingerprint density at radius 1 is 1.32 bits per heavy atom. The van der Waals surface area contributed by atoms with Gasteiger partial charge in [-0.3, -0.25) is 15.1 Å². The van der Waals surface area contributed by atoms with E-state index >= 15 is 0 Å². The fraction of sp³-hybridized carbons (Fsp3) is 0.385. The third-order valence-corrected chi connectivity index (χ3v) is 2.68. The van der Waals surface area contributed by atoms with Gasteiger partial charge in [0.05, 0.1) is 0 Å². The lowest BCUT2D eigenvalue weighted by atomic mass is 10.1. The van der Waals surface area contributed by atoms with Crippen LogP contribution in [-0.2, 0) is 4.79 Å². The van der Waals surface area contributed by atoms with E-state index in [1.165, 1.54) is 6.07 Å². The van der Waals surface area contributed by atoms with Gasteiger partial charge in [0.25, 0.3) is 5.91 Å². The molecule has 1 atom stereocenters. The van der Waals surface area contributed by atoms with Crippen LogP contribution in [0.25, 0.3) is 0 Å². The second-order valence-corrected chi connectivity index (χ2v) is 4.82. The van der Waals surface area contributed by atoms with Gasteiger partial charge in [-0.1, -0.05) is 19.9 Å². The normalized spacial score (nSPS) is 20.8. The first-order chi connectivity index (χ1) is 8.97. The molecule has 1 saturated heterocycles. The Morgan fingerprint density at radius 3 is 2.68 bits per heavy atom. The molecule has 2 rings (SSSR count). The summed E-state index contributed by atoms with van der Waals surface area (Å²) in [4.78, 5) is 16.0. The van der Waals surface area contributed by atoms with Gasteiger partial charge in [0.15, 0.2) is 17.6 Å². The Morgan fingerprint density at radius 2 is 2.05 bits per heavy atom. The number of carbonyl (C=O) groups excluding carboxylic acids is 1. The van der Waals surface area contributed by atoms with Crippen LogP contribution in [0.1, 0.15) is 25.5 Å². The van der Waals surface area contributed by atoms with E-state index in [4.69, 9.17) is 0 Å². The highest BCUT2D eigenvalue weighted by atomic mass is 19.2. The molecule has 0 aromatic heterocycles. The second kappa shape index (κ2) is 5.34. The number of amides is 1. The van der Waals surface area contributed by atoms with Crippen LogP contribution in [0.3, 0.4) is 0 Å². The van der Waals surface area contributed by atoms with Gasteiger partial charge in [-0.15, -0.1) is 0 Å². The summed E-state index contributed by atoms with van der Waals surface area (Å²) >= 11 is 0. The number of hydrogen-bond donors (Lipinski definition) is 2. The van der Waals surface area contributed by atoms with E-state index in [9.17, 15) is 13.6 Å². The molecule has 1 fully saturated rings. The molecule has 1 aliphatic heterocycles. The molecule has 0 aliphatic carbocycles. The van der Waals surface area contributed by atoms with Gasteiger partial charge in [0.2, 0.25) is 0 Å². The van der Waals surface area contributed by atoms with Crippen LogP contribution in [0.15, 0.2) is 23.2 Å². The standard InChI is InChI=1S/C13H15F2N3O/c1-7(2)6-16-13-17-11(12(19)18-13)8-3-4-9(14)10(15)5-8/h3-5,7,11H,6H2,1-2H3,(H2,16,17,18,19). The molecule has 1 heterocycles. The molecule has 1 aromatic rings. The average Bonchev–Trinajstić information content (AvgIpc) is 2.72. The maximum Gasteiger partial charge on any atom is 0.253 e.